The maximum atomic E-state index is 12.1. The second-order valence-corrected chi connectivity index (χ2v) is 6.18. The van der Waals surface area contributed by atoms with Crippen LogP contribution in [0.2, 0.25) is 5.02 Å². The van der Waals surface area contributed by atoms with E-state index in [2.05, 4.69) is 21.4 Å². The zero-order valence-electron chi connectivity index (χ0n) is 12.7. The molecule has 0 spiro atoms. The van der Waals surface area contributed by atoms with Gasteiger partial charge in [0.25, 0.3) is 0 Å². The van der Waals surface area contributed by atoms with Gasteiger partial charge in [-0.05, 0) is 31.0 Å². The molecular weight excluding hydrogens is 314 g/mol. The number of nitrogens with one attached hydrogen (secondary N) is 2. The minimum atomic E-state index is -0.107. The van der Waals surface area contributed by atoms with E-state index >= 15 is 0 Å². The quantitative estimate of drug-likeness (QED) is 0.906. The lowest BCUT2D eigenvalue weighted by Crippen LogP contribution is -2.45. The molecule has 1 saturated heterocycles. The molecule has 7 heteroatoms. The Morgan fingerprint density at radius 1 is 1.57 bits per heavy atom. The van der Waals surface area contributed by atoms with Crippen LogP contribution in [0, 0.1) is 17.2 Å². The van der Waals surface area contributed by atoms with Gasteiger partial charge in [-0.1, -0.05) is 11.6 Å². The number of piperidine rings is 1. The van der Waals surface area contributed by atoms with Gasteiger partial charge < -0.3 is 15.2 Å². The third-order valence-electron chi connectivity index (χ3n) is 4.02. The SMILES string of the molecule is N#CC1CCCN(C(=O)NCCc2nc3ccc(Cl)cc3[nH]2)C1. The molecule has 0 aliphatic carbocycles. The number of fused-ring (bicyclic) bond motifs is 1. The Kier molecular flexibility index (Phi) is 4.68. The van der Waals surface area contributed by atoms with Gasteiger partial charge in [-0.15, -0.1) is 0 Å². The van der Waals surface area contributed by atoms with Gasteiger partial charge >= 0.3 is 6.03 Å². The number of halogens is 1. The van der Waals surface area contributed by atoms with Crippen LogP contribution in [-0.2, 0) is 6.42 Å². The molecule has 3 rings (SSSR count). The molecule has 0 saturated carbocycles. The average Bonchev–Trinajstić information content (AvgIpc) is 2.96. The number of imidazole rings is 1. The largest absolute Gasteiger partial charge is 0.342 e. The standard InChI is InChI=1S/C16H18ClN5O/c17-12-3-4-13-14(8-12)21-15(20-13)5-6-19-16(23)22-7-1-2-11(9-18)10-22/h3-4,8,11H,1-2,5-7,10H2,(H,19,23)(H,20,21). The summed E-state index contributed by atoms with van der Waals surface area (Å²) in [7, 11) is 0. The summed E-state index contributed by atoms with van der Waals surface area (Å²) in [6.45, 7) is 1.73. The molecule has 0 radical (unpaired) electrons. The number of urea groups is 1. The third kappa shape index (κ3) is 3.74. The number of nitrogens with zero attached hydrogens (tertiary/aromatic N) is 3. The van der Waals surface area contributed by atoms with Gasteiger partial charge in [0.05, 0.1) is 23.0 Å². The van der Waals surface area contributed by atoms with Gasteiger partial charge in [0, 0.05) is 31.1 Å². The number of amides is 2. The number of H-pyrrole nitrogens is 1. The van der Waals surface area contributed by atoms with Crippen molar-refractivity contribution in [2.45, 2.75) is 19.3 Å². The number of hydrogen-bond donors (Lipinski definition) is 2. The molecule has 1 aromatic heterocycles. The smallest absolute Gasteiger partial charge is 0.317 e. The lowest BCUT2D eigenvalue weighted by atomic mass is 10.0. The Morgan fingerprint density at radius 3 is 3.26 bits per heavy atom. The average molecular weight is 332 g/mol. The fraction of sp³-hybridized carbons (Fsp3) is 0.438. The van der Waals surface area contributed by atoms with Crippen LogP contribution in [0.1, 0.15) is 18.7 Å². The molecule has 1 aliphatic heterocycles. The van der Waals surface area contributed by atoms with E-state index in [4.69, 9.17) is 16.9 Å². The van der Waals surface area contributed by atoms with E-state index in [0.29, 0.717) is 31.1 Å². The Labute approximate surface area is 139 Å². The summed E-state index contributed by atoms with van der Waals surface area (Å²) in [4.78, 5) is 21.5. The van der Waals surface area contributed by atoms with Gasteiger partial charge in [-0.2, -0.15) is 5.26 Å². The minimum Gasteiger partial charge on any atom is -0.342 e. The summed E-state index contributed by atoms with van der Waals surface area (Å²) in [6.07, 6.45) is 2.38. The van der Waals surface area contributed by atoms with E-state index in [1.54, 1.807) is 11.0 Å². The number of aromatic amines is 1. The molecular formula is C16H18ClN5O. The maximum Gasteiger partial charge on any atom is 0.317 e. The summed E-state index contributed by atoms with van der Waals surface area (Å²) in [5, 5.41) is 12.5. The Bertz CT molecular complexity index is 750. The lowest BCUT2D eigenvalue weighted by Gasteiger charge is -2.29. The number of likely N-dealkylation sites (tertiary alicyclic amines) is 1. The van der Waals surface area contributed by atoms with Crippen LogP contribution < -0.4 is 5.32 Å². The fourth-order valence-corrected chi connectivity index (χ4v) is 2.99. The van der Waals surface area contributed by atoms with Crippen molar-refractivity contribution in [3.05, 3.63) is 29.0 Å². The first-order valence-corrected chi connectivity index (χ1v) is 8.10. The van der Waals surface area contributed by atoms with E-state index in [-0.39, 0.29) is 11.9 Å². The van der Waals surface area contributed by atoms with Crippen LogP contribution >= 0.6 is 11.6 Å². The first kappa shape index (κ1) is 15.6. The number of benzene rings is 1. The minimum absolute atomic E-state index is 0.0466. The van der Waals surface area contributed by atoms with Crippen molar-refractivity contribution >= 4 is 28.7 Å². The molecule has 1 aromatic carbocycles. The molecule has 2 heterocycles. The highest BCUT2D eigenvalue weighted by Crippen LogP contribution is 2.17. The zero-order chi connectivity index (χ0) is 16.2. The van der Waals surface area contributed by atoms with Crippen molar-refractivity contribution in [3.63, 3.8) is 0 Å². The van der Waals surface area contributed by atoms with E-state index in [1.165, 1.54) is 0 Å². The van der Waals surface area contributed by atoms with Gasteiger partial charge in [-0.3, -0.25) is 0 Å². The van der Waals surface area contributed by atoms with Crippen molar-refractivity contribution in [1.82, 2.24) is 20.2 Å². The van der Waals surface area contributed by atoms with Crippen molar-refractivity contribution in [3.8, 4) is 6.07 Å². The van der Waals surface area contributed by atoms with Gasteiger partial charge in [0.2, 0.25) is 0 Å². The molecule has 1 aliphatic rings. The molecule has 2 aromatic rings. The Morgan fingerprint density at radius 2 is 2.43 bits per heavy atom. The number of carbonyl (C=O) groups excluding carboxylic acids is 1. The molecule has 120 valence electrons. The molecule has 1 atom stereocenters. The summed E-state index contributed by atoms with van der Waals surface area (Å²) >= 11 is 5.95. The molecule has 2 N–H and O–H groups in total. The van der Waals surface area contributed by atoms with Crippen LogP contribution in [0.5, 0.6) is 0 Å². The summed E-state index contributed by atoms with van der Waals surface area (Å²) in [5.74, 6) is 0.769. The maximum absolute atomic E-state index is 12.1. The van der Waals surface area contributed by atoms with Crippen molar-refractivity contribution in [2.24, 2.45) is 5.92 Å². The van der Waals surface area contributed by atoms with Gasteiger partial charge in [-0.25, -0.2) is 9.78 Å². The highest BCUT2D eigenvalue weighted by atomic mass is 35.5. The number of rotatable bonds is 3. The first-order chi connectivity index (χ1) is 11.2. The van der Waals surface area contributed by atoms with Crippen molar-refractivity contribution in [2.75, 3.05) is 19.6 Å². The second kappa shape index (κ2) is 6.88. The monoisotopic (exact) mass is 331 g/mol. The predicted molar refractivity (Wildman–Crippen MR) is 88.1 cm³/mol. The highest BCUT2D eigenvalue weighted by Gasteiger charge is 2.23. The first-order valence-electron chi connectivity index (χ1n) is 7.72. The highest BCUT2D eigenvalue weighted by molar-refractivity contribution is 6.31. The van der Waals surface area contributed by atoms with Crippen LogP contribution in [0.4, 0.5) is 4.79 Å². The van der Waals surface area contributed by atoms with Crippen LogP contribution in [0.15, 0.2) is 18.2 Å². The Hall–Kier alpha value is -2.26. The predicted octanol–water partition coefficient (Wildman–Crippen LogP) is 2.70. The number of aromatic nitrogens is 2. The van der Waals surface area contributed by atoms with Crippen LogP contribution in [0.3, 0.4) is 0 Å². The van der Waals surface area contributed by atoms with E-state index in [0.717, 1.165) is 29.7 Å². The molecule has 1 unspecified atom stereocenters. The second-order valence-electron chi connectivity index (χ2n) is 5.74. The number of nitriles is 1. The van der Waals surface area contributed by atoms with Gasteiger partial charge in [0.1, 0.15) is 5.82 Å². The van der Waals surface area contributed by atoms with E-state index < -0.39 is 0 Å². The summed E-state index contributed by atoms with van der Waals surface area (Å²) in [6, 6.07) is 7.64. The summed E-state index contributed by atoms with van der Waals surface area (Å²) in [5.41, 5.74) is 1.76. The lowest BCUT2D eigenvalue weighted by molar-refractivity contribution is 0.176. The van der Waals surface area contributed by atoms with Crippen LogP contribution in [0.25, 0.3) is 11.0 Å². The normalized spacial score (nSPS) is 17.9. The van der Waals surface area contributed by atoms with Crippen molar-refractivity contribution < 1.29 is 4.79 Å². The zero-order valence-corrected chi connectivity index (χ0v) is 13.4. The number of hydrogen-bond acceptors (Lipinski definition) is 3. The topological polar surface area (TPSA) is 84.8 Å². The number of carbonyl (C=O) groups is 1. The molecule has 1 fully saturated rings. The molecule has 0 bridgehead atoms. The van der Waals surface area contributed by atoms with Crippen LogP contribution in [-0.4, -0.2) is 40.5 Å². The van der Waals surface area contributed by atoms with Crippen molar-refractivity contribution in [1.29, 1.82) is 5.26 Å². The third-order valence-corrected chi connectivity index (χ3v) is 4.26. The van der Waals surface area contributed by atoms with E-state index in [1.807, 2.05) is 12.1 Å². The fourth-order valence-electron chi connectivity index (χ4n) is 2.82. The van der Waals surface area contributed by atoms with E-state index in [9.17, 15) is 4.79 Å². The molecule has 2 amide bonds. The molecule has 6 nitrogen and oxygen atoms in total. The Balaban J connectivity index is 1.52. The van der Waals surface area contributed by atoms with Gasteiger partial charge in [0.15, 0.2) is 0 Å². The summed E-state index contributed by atoms with van der Waals surface area (Å²) < 4.78 is 0. The molecule has 23 heavy (non-hydrogen) atoms.